The molecule has 0 fully saturated rings. The van der Waals surface area contributed by atoms with Gasteiger partial charge in [0.05, 0.1) is 0 Å². The summed E-state index contributed by atoms with van der Waals surface area (Å²) in [5.41, 5.74) is 8.01. The molecular weight excluding hydrogens is 309 g/mol. The van der Waals surface area contributed by atoms with Crippen LogP contribution in [-0.4, -0.2) is 18.3 Å². The first-order valence-electron chi connectivity index (χ1n) is 6.67. The van der Waals surface area contributed by atoms with Gasteiger partial charge in [0, 0.05) is 22.5 Å². The number of hydrogen-bond donors (Lipinski definition) is 2. The Bertz CT molecular complexity index is 638. The number of halogens is 2. The SMILES string of the molecule is CC1=C(C(=O)NCCc2ccc(Cl)cc2Cl)N=C(N)C1C. The molecule has 1 aliphatic heterocycles. The zero-order valence-corrected chi connectivity index (χ0v) is 13.4. The highest BCUT2D eigenvalue weighted by atomic mass is 35.5. The van der Waals surface area contributed by atoms with E-state index in [0.717, 1.165) is 11.1 Å². The van der Waals surface area contributed by atoms with Crippen LogP contribution >= 0.6 is 23.2 Å². The van der Waals surface area contributed by atoms with E-state index >= 15 is 0 Å². The van der Waals surface area contributed by atoms with E-state index in [9.17, 15) is 4.79 Å². The average molecular weight is 326 g/mol. The summed E-state index contributed by atoms with van der Waals surface area (Å²) in [6.45, 7) is 4.28. The fraction of sp³-hybridized carbons (Fsp3) is 0.333. The summed E-state index contributed by atoms with van der Waals surface area (Å²) in [5, 5.41) is 4.03. The Morgan fingerprint density at radius 3 is 2.71 bits per heavy atom. The maximum Gasteiger partial charge on any atom is 0.269 e. The van der Waals surface area contributed by atoms with E-state index in [1.165, 1.54) is 0 Å². The number of nitrogens with one attached hydrogen (secondary N) is 1. The molecule has 0 bridgehead atoms. The van der Waals surface area contributed by atoms with E-state index in [4.69, 9.17) is 28.9 Å². The lowest BCUT2D eigenvalue weighted by molar-refractivity contribution is -0.117. The monoisotopic (exact) mass is 325 g/mol. The van der Waals surface area contributed by atoms with Gasteiger partial charge in [-0.15, -0.1) is 0 Å². The van der Waals surface area contributed by atoms with E-state index in [-0.39, 0.29) is 11.8 Å². The summed E-state index contributed by atoms with van der Waals surface area (Å²) in [4.78, 5) is 16.2. The Morgan fingerprint density at radius 1 is 1.43 bits per heavy atom. The fourth-order valence-electron chi connectivity index (χ4n) is 2.09. The van der Waals surface area contributed by atoms with Crippen molar-refractivity contribution in [2.24, 2.45) is 16.6 Å². The van der Waals surface area contributed by atoms with Crippen molar-refractivity contribution in [3.05, 3.63) is 45.1 Å². The Balaban J connectivity index is 1.94. The van der Waals surface area contributed by atoms with E-state index in [1.807, 2.05) is 19.9 Å². The molecule has 0 saturated heterocycles. The van der Waals surface area contributed by atoms with Gasteiger partial charge < -0.3 is 11.1 Å². The van der Waals surface area contributed by atoms with Crippen LogP contribution in [0.5, 0.6) is 0 Å². The van der Waals surface area contributed by atoms with Crippen LogP contribution in [0.3, 0.4) is 0 Å². The van der Waals surface area contributed by atoms with Crippen LogP contribution in [0.1, 0.15) is 19.4 Å². The largest absolute Gasteiger partial charge is 0.387 e. The minimum atomic E-state index is -0.204. The molecule has 0 spiro atoms. The molecule has 112 valence electrons. The fourth-order valence-corrected chi connectivity index (χ4v) is 2.59. The molecule has 3 N–H and O–H groups in total. The highest BCUT2D eigenvalue weighted by Crippen LogP contribution is 2.24. The number of aliphatic imine (C=N–C) groups is 1. The molecule has 0 aromatic heterocycles. The first-order valence-corrected chi connectivity index (χ1v) is 7.42. The van der Waals surface area contributed by atoms with E-state index in [1.54, 1.807) is 12.1 Å². The Morgan fingerprint density at radius 2 is 2.14 bits per heavy atom. The van der Waals surface area contributed by atoms with E-state index < -0.39 is 0 Å². The number of amidine groups is 1. The molecule has 1 heterocycles. The van der Waals surface area contributed by atoms with Crippen molar-refractivity contribution < 1.29 is 4.79 Å². The van der Waals surface area contributed by atoms with Crippen molar-refractivity contribution in [2.75, 3.05) is 6.54 Å². The molecule has 1 aromatic carbocycles. The minimum Gasteiger partial charge on any atom is -0.387 e. The Hall–Kier alpha value is -1.52. The third-order valence-electron chi connectivity index (χ3n) is 3.62. The summed E-state index contributed by atoms with van der Waals surface area (Å²) >= 11 is 11.9. The molecule has 0 radical (unpaired) electrons. The number of nitrogens with zero attached hydrogens (tertiary/aromatic N) is 1. The molecule has 6 heteroatoms. The third kappa shape index (κ3) is 3.57. The van der Waals surface area contributed by atoms with E-state index in [2.05, 4.69) is 10.3 Å². The normalized spacial score (nSPS) is 17.9. The lowest BCUT2D eigenvalue weighted by Gasteiger charge is -2.08. The van der Waals surface area contributed by atoms with Gasteiger partial charge in [-0.1, -0.05) is 36.2 Å². The van der Waals surface area contributed by atoms with Gasteiger partial charge in [0.2, 0.25) is 0 Å². The Labute approximate surface area is 134 Å². The van der Waals surface area contributed by atoms with E-state index in [0.29, 0.717) is 34.5 Å². The van der Waals surface area contributed by atoms with Gasteiger partial charge in [-0.25, -0.2) is 4.99 Å². The van der Waals surface area contributed by atoms with Crippen LogP contribution in [-0.2, 0) is 11.2 Å². The van der Waals surface area contributed by atoms with Crippen molar-refractivity contribution in [3.63, 3.8) is 0 Å². The number of carbonyl (C=O) groups excluding carboxylic acids is 1. The van der Waals surface area contributed by atoms with Crippen molar-refractivity contribution in [1.29, 1.82) is 0 Å². The molecule has 1 aromatic rings. The van der Waals surface area contributed by atoms with Crippen molar-refractivity contribution >= 4 is 34.9 Å². The number of nitrogens with two attached hydrogens (primary N) is 1. The second-order valence-corrected chi connectivity index (χ2v) is 5.88. The molecule has 1 atom stereocenters. The second kappa shape index (κ2) is 6.50. The summed E-state index contributed by atoms with van der Waals surface area (Å²) < 4.78 is 0. The van der Waals surface area contributed by atoms with Gasteiger partial charge in [-0.3, -0.25) is 4.79 Å². The molecule has 1 aliphatic rings. The molecule has 4 nitrogen and oxygen atoms in total. The Kier molecular flexibility index (Phi) is 4.91. The smallest absolute Gasteiger partial charge is 0.269 e. The number of carbonyl (C=O) groups is 1. The van der Waals surface area contributed by atoms with Gasteiger partial charge in [0.1, 0.15) is 11.5 Å². The van der Waals surface area contributed by atoms with Crippen molar-refractivity contribution in [3.8, 4) is 0 Å². The maximum absolute atomic E-state index is 12.1. The van der Waals surface area contributed by atoms with Crippen LogP contribution in [0.2, 0.25) is 10.0 Å². The van der Waals surface area contributed by atoms with Crippen LogP contribution in [0.15, 0.2) is 34.5 Å². The van der Waals surface area contributed by atoms with Crippen LogP contribution < -0.4 is 11.1 Å². The van der Waals surface area contributed by atoms with Crippen LogP contribution in [0.25, 0.3) is 0 Å². The molecule has 2 rings (SSSR count). The molecule has 1 amide bonds. The van der Waals surface area contributed by atoms with Crippen molar-refractivity contribution in [2.45, 2.75) is 20.3 Å². The predicted molar refractivity (Wildman–Crippen MR) is 86.7 cm³/mol. The first-order chi connectivity index (χ1) is 9.90. The van der Waals surface area contributed by atoms with Gasteiger partial charge in [-0.05, 0) is 36.6 Å². The number of rotatable bonds is 4. The second-order valence-electron chi connectivity index (χ2n) is 5.03. The number of benzene rings is 1. The van der Waals surface area contributed by atoms with Crippen LogP contribution in [0, 0.1) is 5.92 Å². The molecule has 0 saturated carbocycles. The van der Waals surface area contributed by atoms with Gasteiger partial charge in [0.15, 0.2) is 0 Å². The molecule has 21 heavy (non-hydrogen) atoms. The van der Waals surface area contributed by atoms with Gasteiger partial charge in [0.25, 0.3) is 5.91 Å². The lowest BCUT2D eigenvalue weighted by Crippen LogP contribution is -2.27. The number of amides is 1. The lowest BCUT2D eigenvalue weighted by atomic mass is 10.0. The summed E-state index contributed by atoms with van der Waals surface area (Å²) in [6.07, 6.45) is 0.628. The maximum atomic E-state index is 12.1. The van der Waals surface area contributed by atoms with Crippen molar-refractivity contribution in [1.82, 2.24) is 5.32 Å². The first kappa shape index (κ1) is 15.9. The summed E-state index contributed by atoms with van der Waals surface area (Å²) in [5.74, 6) is 0.305. The molecule has 1 unspecified atom stereocenters. The topological polar surface area (TPSA) is 67.5 Å². The summed E-state index contributed by atoms with van der Waals surface area (Å²) in [7, 11) is 0. The highest BCUT2D eigenvalue weighted by Gasteiger charge is 2.24. The average Bonchev–Trinajstić information content (AvgIpc) is 2.69. The van der Waals surface area contributed by atoms with Crippen LogP contribution in [0.4, 0.5) is 0 Å². The third-order valence-corrected chi connectivity index (χ3v) is 4.20. The minimum absolute atomic E-state index is 0.0245. The highest BCUT2D eigenvalue weighted by molar-refractivity contribution is 6.35. The standard InChI is InChI=1S/C15H17Cl2N3O/c1-8-9(2)14(18)20-13(8)15(21)19-6-5-10-3-4-11(16)7-12(10)17/h3-4,7,9H,5-6H2,1-2H3,(H2,18,20)(H,19,21). The zero-order chi connectivity index (χ0) is 15.6. The number of hydrogen-bond acceptors (Lipinski definition) is 3. The molecule has 0 aliphatic carbocycles. The zero-order valence-electron chi connectivity index (χ0n) is 11.9. The van der Waals surface area contributed by atoms with Gasteiger partial charge in [-0.2, -0.15) is 0 Å². The van der Waals surface area contributed by atoms with Gasteiger partial charge >= 0.3 is 0 Å². The quantitative estimate of drug-likeness (QED) is 0.893. The molecular formula is C15H17Cl2N3O. The predicted octanol–water partition coefficient (Wildman–Crippen LogP) is 2.93. The summed E-state index contributed by atoms with van der Waals surface area (Å²) in [6, 6.07) is 5.33.